The van der Waals surface area contributed by atoms with E-state index in [9.17, 15) is 5.11 Å². The predicted molar refractivity (Wildman–Crippen MR) is 128 cm³/mol. The maximum Gasteiger partial charge on any atom is 0.169 e. The number of rotatable bonds is 5. The molecule has 5 nitrogen and oxygen atoms in total. The van der Waals surface area contributed by atoms with Gasteiger partial charge in [-0.25, -0.2) is 4.98 Å². The Morgan fingerprint density at radius 2 is 1.90 bits per heavy atom. The lowest BCUT2D eigenvalue weighted by Gasteiger charge is -2.26. The van der Waals surface area contributed by atoms with E-state index >= 15 is 0 Å². The van der Waals surface area contributed by atoms with Gasteiger partial charge in [-0.15, -0.1) is 0 Å². The second-order valence-electron chi connectivity index (χ2n) is 6.82. The number of hydrogen-bond donors (Lipinski definition) is 3. The van der Waals surface area contributed by atoms with Crippen LogP contribution in [0.3, 0.4) is 0 Å². The average molecular weight is 497 g/mol. The van der Waals surface area contributed by atoms with Gasteiger partial charge in [0.15, 0.2) is 11.6 Å². The number of phenols is 1. The van der Waals surface area contributed by atoms with Gasteiger partial charge in [0.2, 0.25) is 0 Å². The quantitative estimate of drug-likeness (QED) is 0.261. The van der Waals surface area contributed by atoms with Gasteiger partial charge in [0, 0.05) is 40.5 Å². The molecule has 3 N–H and O–H groups in total. The Hall–Kier alpha value is -2.31. The van der Waals surface area contributed by atoms with Crippen molar-refractivity contribution in [2.75, 3.05) is 24.3 Å². The zero-order valence-corrected chi connectivity index (χ0v) is 19.2. The van der Waals surface area contributed by atoms with Crippen molar-refractivity contribution in [3.63, 3.8) is 0 Å². The zero-order chi connectivity index (χ0) is 22.1. The molecule has 1 unspecified atom stereocenters. The highest BCUT2D eigenvalue weighted by Crippen LogP contribution is 2.44. The number of aromatic hydroxyl groups is 1. The first-order valence-electron chi connectivity index (χ1n) is 9.25. The molecule has 4 rings (SSSR count). The summed E-state index contributed by atoms with van der Waals surface area (Å²) in [6.07, 6.45) is 5.42. The monoisotopic (exact) mass is 495 g/mol. The SMILES string of the molecule is COc1cc(Cl)cnc1NC(c1ccc2c(c1O)NCC=C2)c1cc(Cl)cc(Cl)c1Cl. The number of methoxy groups -OCH3 is 1. The highest BCUT2D eigenvalue weighted by atomic mass is 35.5. The standard InChI is InChI=1S/C22H17Cl4N3O2/c1-31-17-9-13(24)10-28-22(17)29-20(15-7-12(23)8-16(25)18(15)26)14-5-4-11-3-2-6-27-19(11)21(14)30/h2-5,7-10,20,27,30H,6H2,1H3,(H,28,29). The Bertz CT molecular complexity index is 1180. The minimum absolute atomic E-state index is 0.0828. The highest BCUT2D eigenvalue weighted by molar-refractivity contribution is 6.43. The first-order valence-corrected chi connectivity index (χ1v) is 10.8. The van der Waals surface area contributed by atoms with E-state index in [1.165, 1.54) is 13.3 Å². The van der Waals surface area contributed by atoms with Gasteiger partial charge < -0.3 is 20.5 Å². The van der Waals surface area contributed by atoms with Crippen LogP contribution in [0.5, 0.6) is 11.5 Å². The number of nitrogens with zero attached hydrogens (tertiary/aromatic N) is 1. The first kappa shape index (κ1) is 21.9. The molecular weight excluding hydrogens is 480 g/mol. The second kappa shape index (κ2) is 9.05. The molecule has 1 aliphatic heterocycles. The van der Waals surface area contributed by atoms with Crippen LogP contribution in [0.2, 0.25) is 20.1 Å². The van der Waals surface area contributed by atoms with Crippen molar-refractivity contribution >= 4 is 64.0 Å². The van der Waals surface area contributed by atoms with E-state index in [0.717, 1.165) is 5.56 Å². The van der Waals surface area contributed by atoms with Crippen molar-refractivity contribution < 1.29 is 9.84 Å². The average Bonchev–Trinajstić information content (AvgIpc) is 2.76. The van der Waals surface area contributed by atoms with Crippen LogP contribution in [0.1, 0.15) is 22.7 Å². The Balaban J connectivity index is 1.90. The maximum atomic E-state index is 11.1. The normalized spacial score (nSPS) is 13.3. The molecule has 0 aliphatic carbocycles. The molecule has 0 bridgehead atoms. The van der Waals surface area contributed by atoms with Gasteiger partial charge in [0.25, 0.3) is 0 Å². The number of aromatic nitrogens is 1. The maximum absolute atomic E-state index is 11.1. The zero-order valence-electron chi connectivity index (χ0n) is 16.2. The van der Waals surface area contributed by atoms with E-state index < -0.39 is 6.04 Å². The van der Waals surface area contributed by atoms with Crippen LogP contribution in [0, 0.1) is 0 Å². The van der Waals surface area contributed by atoms with Crippen molar-refractivity contribution in [3.05, 3.63) is 79.4 Å². The number of fused-ring (bicyclic) bond motifs is 1. The lowest BCUT2D eigenvalue weighted by atomic mass is 9.94. The molecule has 160 valence electrons. The second-order valence-corrected chi connectivity index (χ2v) is 8.48. The van der Waals surface area contributed by atoms with Gasteiger partial charge >= 0.3 is 0 Å². The van der Waals surface area contributed by atoms with Gasteiger partial charge in [0.1, 0.15) is 5.75 Å². The van der Waals surface area contributed by atoms with E-state index in [1.54, 1.807) is 18.2 Å². The molecule has 0 amide bonds. The molecular formula is C22H17Cl4N3O2. The third-order valence-electron chi connectivity index (χ3n) is 4.90. The van der Waals surface area contributed by atoms with Crippen LogP contribution < -0.4 is 15.4 Å². The summed E-state index contributed by atoms with van der Waals surface area (Å²) in [6, 6.07) is 7.98. The molecule has 3 aromatic rings. The van der Waals surface area contributed by atoms with Crippen molar-refractivity contribution in [2.24, 2.45) is 0 Å². The molecule has 31 heavy (non-hydrogen) atoms. The van der Waals surface area contributed by atoms with Crippen molar-refractivity contribution in [3.8, 4) is 11.5 Å². The molecule has 0 radical (unpaired) electrons. The summed E-state index contributed by atoms with van der Waals surface area (Å²) in [6.45, 7) is 0.610. The van der Waals surface area contributed by atoms with Gasteiger partial charge in [-0.1, -0.05) is 70.7 Å². The van der Waals surface area contributed by atoms with Gasteiger partial charge in [-0.2, -0.15) is 0 Å². The van der Waals surface area contributed by atoms with Gasteiger partial charge in [-0.05, 0) is 12.1 Å². The van der Waals surface area contributed by atoms with Crippen LogP contribution in [0.4, 0.5) is 11.5 Å². The number of ether oxygens (including phenoxy) is 1. The largest absolute Gasteiger partial charge is 0.505 e. The van der Waals surface area contributed by atoms with Crippen LogP contribution in [0.25, 0.3) is 6.08 Å². The van der Waals surface area contributed by atoms with Crippen molar-refractivity contribution in [1.29, 1.82) is 0 Å². The number of nitrogens with one attached hydrogen (secondary N) is 2. The number of benzene rings is 2. The predicted octanol–water partition coefficient (Wildman–Crippen LogP) is 7.05. The summed E-state index contributed by atoms with van der Waals surface area (Å²) in [4.78, 5) is 4.35. The van der Waals surface area contributed by atoms with Crippen LogP contribution in [-0.2, 0) is 0 Å². The lowest BCUT2D eigenvalue weighted by Crippen LogP contribution is -2.16. The molecule has 2 heterocycles. The molecule has 0 saturated heterocycles. The topological polar surface area (TPSA) is 66.4 Å². The minimum Gasteiger partial charge on any atom is -0.505 e. The summed E-state index contributed by atoms with van der Waals surface area (Å²) >= 11 is 25.2. The first-order chi connectivity index (χ1) is 14.9. The van der Waals surface area contributed by atoms with E-state index in [4.69, 9.17) is 51.1 Å². The molecule has 0 fully saturated rings. The number of anilines is 2. The van der Waals surface area contributed by atoms with Gasteiger partial charge in [0.05, 0.1) is 33.9 Å². The molecule has 1 atom stereocenters. The van der Waals surface area contributed by atoms with Crippen molar-refractivity contribution in [2.45, 2.75) is 6.04 Å². The summed E-state index contributed by atoms with van der Waals surface area (Å²) in [7, 11) is 1.52. The van der Waals surface area contributed by atoms with E-state index in [1.807, 2.05) is 24.3 Å². The Kier molecular flexibility index (Phi) is 6.39. The summed E-state index contributed by atoms with van der Waals surface area (Å²) in [5.41, 5.74) is 2.64. The van der Waals surface area contributed by atoms with E-state index in [0.29, 0.717) is 55.0 Å². The molecule has 0 spiro atoms. The van der Waals surface area contributed by atoms with Crippen LogP contribution >= 0.6 is 46.4 Å². The molecule has 1 aliphatic rings. The fourth-order valence-electron chi connectivity index (χ4n) is 3.46. The Morgan fingerprint density at radius 1 is 1.10 bits per heavy atom. The molecule has 1 aromatic heterocycles. The van der Waals surface area contributed by atoms with Gasteiger partial charge in [-0.3, -0.25) is 0 Å². The summed E-state index contributed by atoms with van der Waals surface area (Å²) in [5, 5.41) is 19.1. The number of hydrogen-bond acceptors (Lipinski definition) is 5. The molecule has 0 saturated carbocycles. The smallest absolute Gasteiger partial charge is 0.169 e. The number of phenolic OH excluding ortho intramolecular Hbond substituents is 1. The van der Waals surface area contributed by atoms with E-state index in [2.05, 4.69) is 15.6 Å². The van der Waals surface area contributed by atoms with E-state index in [-0.39, 0.29) is 5.75 Å². The minimum atomic E-state index is -0.649. The van der Waals surface area contributed by atoms with Crippen LogP contribution in [0.15, 0.2) is 42.6 Å². The third-order valence-corrected chi connectivity index (χ3v) is 6.14. The Labute approximate surface area is 199 Å². The third kappa shape index (κ3) is 4.37. The fraction of sp³-hybridized carbons (Fsp3) is 0.136. The highest BCUT2D eigenvalue weighted by Gasteiger charge is 2.26. The lowest BCUT2D eigenvalue weighted by molar-refractivity contribution is 0.414. The number of pyridine rings is 1. The molecule has 2 aromatic carbocycles. The summed E-state index contributed by atoms with van der Waals surface area (Å²) in [5.74, 6) is 0.925. The van der Waals surface area contributed by atoms with Crippen LogP contribution in [-0.4, -0.2) is 23.7 Å². The summed E-state index contributed by atoms with van der Waals surface area (Å²) < 4.78 is 5.42. The number of halogens is 4. The molecule has 9 heteroatoms. The Morgan fingerprint density at radius 3 is 2.68 bits per heavy atom. The fourth-order valence-corrected chi connectivity index (χ4v) is 4.33. The van der Waals surface area contributed by atoms with Crippen molar-refractivity contribution in [1.82, 2.24) is 4.98 Å².